The lowest BCUT2D eigenvalue weighted by atomic mass is 10.1. The van der Waals surface area contributed by atoms with Gasteiger partial charge in [0, 0.05) is 18.4 Å². The van der Waals surface area contributed by atoms with Gasteiger partial charge < -0.3 is 4.74 Å². The maximum Gasteiger partial charge on any atom is 0.230 e. The molecule has 0 aliphatic carbocycles. The molecule has 0 fully saturated rings. The fourth-order valence-electron chi connectivity index (χ4n) is 2.79. The van der Waals surface area contributed by atoms with Crippen LogP contribution < -0.4 is 9.64 Å². The van der Waals surface area contributed by atoms with Crippen molar-refractivity contribution in [1.29, 1.82) is 0 Å². The molecule has 154 valence electrons. The van der Waals surface area contributed by atoms with Crippen molar-refractivity contribution in [2.75, 3.05) is 12.0 Å². The van der Waals surface area contributed by atoms with Gasteiger partial charge in [0.15, 0.2) is 10.9 Å². The average molecular weight is 428 g/mol. The minimum absolute atomic E-state index is 0.102. The van der Waals surface area contributed by atoms with Crippen molar-refractivity contribution in [1.82, 2.24) is 4.98 Å². The van der Waals surface area contributed by atoms with Gasteiger partial charge in [-0.3, -0.25) is 14.5 Å². The number of aromatic nitrogens is 1. The quantitative estimate of drug-likeness (QED) is 0.394. The Labute approximate surface area is 176 Å². The van der Waals surface area contributed by atoms with Gasteiger partial charge in [-0.15, -0.1) is 11.3 Å². The zero-order valence-corrected chi connectivity index (χ0v) is 17.3. The molecular formula is C22H18F2N2O3S. The van der Waals surface area contributed by atoms with Gasteiger partial charge in [-0.05, 0) is 43.3 Å². The van der Waals surface area contributed by atoms with Crippen LogP contribution in [0.1, 0.15) is 28.5 Å². The van der Waals surface area contributed by atoms with Gasteiger partial charge in [-0.2, -0.15) is 0 Å². The summed E-state index contributed by atoms with van der Waals surface area (Å²) < 4.78 is 32.6. The number of anilines is 2. The molecule has 0 bridgehead atoms. The van der Waals surface area contributed by atoms with Crippen molar-refractivity contribution in [3.05, 3.63) is 76.3 Å². The third kappa shape index (κ3) is 4.60. The van der Waals surface area contributed by atoms with Crippen LogP contribution in [0.2, 0.25) is 0 Å². The highest BCUT2D eigenvalue weighted by atomic mass is 32.1. The third-order valence-electron chi connectivity index (χ3n) is 4.19. The second-order valence-corrected chi connectivity index (χ2v) is 7.24. The molecule has 1 amide bonds. The summed E-state index contributed by atoms with van der Waals surface area (Å²) >= 11 is 1.10. The lowest BCUT2D eigenvalue weighted by molar-refractivity contribution is -0.115. The zero-order chi connectivity index (χ0) is 21.8. The number of rotatable bonds is 6. The molecule has 0 saturated heterocycles. The van der Waals surface area contributed by atoms with Gasteiger partial charge in [0.25, 0.3) is 0 Å². The molecule has 0 spiro atoms. The van der Waals surface area contributed by atoms with Crippen LogP contribution in [0.5, 0.6) is 5.75 Å². The molecular weight excluding hydrogens is 410 g/mol. The first kappa shape index (κ1) is 21.3. The molecule has 0 saturated carbocycles. The van der Waals surface area contributed by atoms with Gasteiger partial charge in [-0.1, -0.05) is 11.6 Å². The van der Waals surface area contributed by atoms with E-state index in [9.17, 15) is 18.4 Å². The SMILES string of the molecule is COc1ccc(C)cc1C(=O)C=Cc1csc(N(C(C)=O)c2ccc(F)cc2F)n1. The molecule has 1 heterocycles. The summed E-state index contributed by atoms with van der Waals surface area (Å²) in [6.45, 7) is 3.13. The monoisotopic (exact) mass is 428 g/mol. The molecule has 0 N–H and O–H groups in total. The van der Waals surface area contributed by atoms with E-state index in [4.69, 9.17) is 4.74 Å². The van der Waals surface area contributed by atoms with Gasteiger partial charge in [0.05, 0.1) is 24.1 Å². The van der Waals surface area contributed by atoms with E-state index >= 15 is 0 Å². The van der Waals surface area contributed by atoms with Crippen LogP contribution in [0.15, 0.2) is 47.9 Å². The van der Waals surface area contributed by atoms with Gasteiger partial charge >= 0.3 is 0 Å². The molecule has 3 aromatic rings. The highest BCUT2D eigenvalue weighted by Crippen LogP contribution is 2.31. The minimum atomic E-state index is -0.876. The Morgan fingerprint density at radius 2 is 1.93 bits per heavy atom. The molecule has 5 nitrogen and oxygen atoms in total. The number of nitrogens with zero attached hydrogens (tertiary/aromatic N) is 2. The van der Waals surface area contributed by atoms with Gasteiger partial charge in [-0.25, -0.2) is 13.8 Å². The van der Waals surface area contributed by atoms with E-state index in [0.717, 1.165) is 27.9 Å². The second-order valence-electron chi connectivity index (χ2n) is 6.41. The van der Waals surface area contributed by atoms with E-state index < -0.39 is 17.5 Å². The van der Waals surface area contributed by atoms with Crippen molar-refractivity contribution in [2.45, 2.75) is 13.8 Å². The highest BCUT2D eigenvalue weighted by Gasteiger charge is 2.21. The van der Waals surface area contributed by atoms with Gasteiger partial charge in [0.1, 0.15) is 17.4 Å². The molecule has 0 radical (unpaired) electrons. The van der Waals surface area contributed by atoms with E-state index in [-0.39, 0.29) is 16.6 Å². The van der Waals surface area contributed by atoms with Crippen LogP contribution in [-0.4, -0.2) is 23.8 Å². The van der Waals surface area contributed by atoms with Crippen LogP contribution >= 0.6 is 11.3 Å². The number of halogens is 2. The summed E-state index contributed by atoms with van der Waals surface area (Å²) in [5.74, 6) is -1.90. The maximum absolute atomic E-state index is 14.2. The first-order valence-electron chi connectivity index (χ1n) is 8.88. The van der Waals surface area contributed by atoms with E-state index in [2.05, 4.69) is 4.98 Å². The molecule has 0 atom stereocenters. The summed E-state index contributed by atoms with van der Waals surface area (Å²) in [6.07, 6.45) is 2.86. The highest BCUT2D eigenvalue weighted by molar-refractivity contribution is 7.14. The van der Waals surface area contributed by atoms with Gasteiger partial charge in [0.2, 0.25) is 5.91 Å². The number of ketones is 1. The van der Waals surface area contributed by atoms with Crippen molar-refractivity contribution in [3.8, 4) is 5.75 Å². The first-order chi connectivity index (χ1) is 14.3. The van der Waals surface area contributed by atoms with Crippen LogP contribution in [0.3, 0.4) is 0 Å². The number of thiazole rings is 1. The van der Waals surface area contributed by atoms with Crippen molar-refractivity contribution < 1.29 is 23.1 Å². The Morgan fingerprint density at radius 1 is 1.17 bits per heavy atom. The van der Waals surface area contributed by atoms with Crippen molar-refractivity contribution in [3.63, 3.8) is 0 Å². The number of allylic oxidation sites excluding steroid dienone is 1. The number of hydrogen-bond donors (Lipinski definition) is 0. The number of methoxy groups -OCH3 is 1. The number of ether oxygens (including phenoxy) is 1. The largest absolute Gasteiger partial charge is 0.496 e. The molecule has 1 aromatic heterocycles. The van der Waals surface area contributed by atoms with Crippen LogP contribution in [0.4, 0.5) is 19.6 Å². The summed E-state index contributed by atoms with van der Waals surface area (Å²) in [5, 5.41) is 1.83. The standard InChI is InChI=1S/C22H18F2N2O3S/c1-13-4-9-21(29-3)17(10-13)20(28)8-6-16-12-30-22(25-16)26(14(2)27)19-7-5-15(23)11-18(19)24/h4-12H,1-3H3. The number of carbonyl (C=O) groups is 2. The normalized spacial score (nSPS) is 11.0. The summed E-state index contributed by atoms with van der Waals surface area (Å²) in [7, 11) is 1.49. The Balaban J connectivity index is 1.87. The summed E-state index contributed by atoms with van der Waals surface area (Å²) in [4.78, 5) is 30.0. The smallest absolute Gasteiger partial charge is 0.230 e. The molecule has 2 aromatic carbocycles. The average Bonchev–Trinajstić information content (AvgIpc) is 3.16. The van der Waals surface area contributed by atoms with E-state index in [1.807, 2.05) is 13.0 Å². The third-order valence-corrected chi connectivity index (χ3v) is 5.04. The lowest BCUT2D eigenvalue weighted by Crippen LogP contribution is -2.23. The van der Waals surface area contributed by atoms with Crippen molar-refractivity contribution in [2.24, 2.45) is 0 Å². The number of carbonyl (C=O) groups excluding carboxylic acids is 2. The predicted molar refractivity (Wildman–Crippen MR) is 112 cm³/mol. The predicted octanol–water partition coefficient (Wildman–Crippen LogP) is 5.32. The number of hydrogen-bond acceptors (Lipinski definition) is 5. The van der Waals surface area contributed by atoms with E-state index in [1.165, 1.54) is 32.3 Å². The molecule has 8 heteroatoms. The fourth-order valence-corrected chi connectivity index (χ4v) is 3.64. The molecule has 3 rings (SSSR count). The van der Waals surface area contributed by atoms with E-state index in [1.54, 1.807) is 17.5 Å². The number of benzene rings is 2. The Morgan fingerprint density at radius 3 is 2.60 bits per heavy atom. The lowest BCUT2D eigenvalue weighted by Gasteiger charge is -2.18. The maximum atomic E-state index is 14.2. The Bertz CT molecular complexity index is 1140. The number of amides is 1. The molecule has 0 aliphatic heterocycles. The summed E-state index contributed by atoms with van der Waals surface area (Å²) in [6, 6.07) is 8.24. The fraction of sp³-hybridized carbons (Fsp3) is 0.136. The molecule has 30 heavy (non-hydrogen) atoms. The Hall–Kier alpha value is -3.39. The molecule has 0 aliphatic rings. The first-order valence-corrected chi connectivity index (χ1v) is 9.76. The summed E-state index contributed by atoms with van der Waals surface area (Å²) in [5.41, 5.74) is 1.66. The van der Waals surface area contributed by atoms with Crippen LogP contribution in [-0.2, 0) is 4.79 Å². The topological polar surface area (TPSA) is 59.5 Å². The Kier molecular flexibility index (Phi) is 6.37. The molecule has 0 unspecified atom stereocenters. The second kappa shape index (κ2) is 8.96. The number of aryl methyl sites for hydroxylation is 1. The van der Waals surface area contributed by atoms with Crippen molar-refractivity contribution >= 4 is 39.9 Å². The van der Waals surface area contributed by atoms with E-state index in [0.29, 0.717) is 23.1 Å². The zero-order valence-electron chi connectivity index (χ0n) is 16.5. The minimum Gasteiger partial charge on any atom is -0.496 e. The van der Waals surface area contributed by atoms with Crippen LogP contribution in [0.25, 0.3) is 6.08 Å². The van der Waals surface area contributed by atoms with Crippen LogP contribution in [0, 0.1) is 18.6 Å².